The summed E-state index contributed by atoms with van der Waals surface area (Å²) in [5, 5.41) is 14.8. The number of carboxylic acids is 1. The highest BCUT2D eigenvalue weighted by Gasteiger charge is 2.34. The van der Waals surface area contributed by atoms with Gasteiger partial charge in [-0.05, 0) is 91.2 Å². The molecule has 6 nitrogen and oxygen atoms in total. The van der Waals surface area contributed by atoms with Crippen molar-refractivity contribution in [3.05, 3.63) is 59.2 Å². The fourth-order valence-electron chi connectivity index (χ4n) is 6.79. The first-order chi connectivity index (χ1) is 23.2. The maximum atomic E-state index is 13.4. The Morgan fingerprint density at radius 3 is 2.44 bits per heavy atom. The summed E-state index contributed by atoms with van der Waals surface area (Å²) >= 11 is 5.82. The molecule has 2 aromatic carbocycles. The summed E-state index contributed by atoms with van der Waals surface area (Å²) in [5.41, 5.74) is 4.57. The van der Waals surface area contributed by atoms with Crippen molar-refractivity contribution in [2.45, 2.75) is 120 Å². The number of benzene rings is 2. The van der Waals surface area contributed by atoms with Gasteiger partial charge in [0.05, 0.1) is 6.61 Å². The van der Waals surface area contributed by atoms with Gasteiger partial charge in [0, 0.05) is 47.6 Å². The van der Waals surface area contributed by atoms with Gasteiger partial charge in [0.15, 0.2) is 0 Å². The van der Waals surface area contributed by atoms with Crippen LogP contribution in [0.4, 0.5) is 0 Å². The predicted octanol–water partition coefficient (Wildman–Crippen LogP) is 9.18. The second kappa shape index (κ2) is 22.2. The molecule has 268 valence electrons. The number of carboxylic acid groups (broad SMARTS) is 1. The zero-order valence-corrected chi connectivity index (χ0v) is 32.6. The molecule has 1 amide bonds. The van der Waals surface area contributed by atoms with Crippen LogP contribution < -0.4 is 5.32 Å². The van der Waals surface area contributed by atoms with Crippen molar-refractivity contribution in [2.24, 2.45) is 0 Å². The first-order valence-corrected chi connectivity index (χ1v) is 21.3. The fraction of sp³-hybridized carbons (Fsp3) is 0.641. The SMILES string of the molecule is CCCC(C)SCC.COCC1CC(SC2CCCCC2)CN1Cc1ccc(C(=O)NC(CCSC)C(=O)O)c(-c2ccccc2C)c1. The van der Waals surface area contributed by atoms with E-state index in [2.05, 4.69) is 60.6 Å². The molecular formula is C39H60N2O4S3. The van der Waals surface area contributed by atoms with Gasteiger partial charge in [-0.2, -0.15) is 35.3 Å². The Labute approximate surface area is 303 Å². The summed E-state index contributed by atoms with van der Waals surface area (Å²) in [4.78, 5) is 27.8. The Morgan fingerprint density at radius 2 is 1.79 bits per heavy atom. The number of rotatable bonds is 17. The summed E-state index contributed by atoms with van der Waals surface area (Å²) in [7, 11) is 1.78. The van der Waals surface area contributed by atoms with Crippen LogP contribution >= 0.6 is 35.3 Å². The maximum absolute atomic E-state index is 13.4. The molecular weight excluding hydrogens is 657 g/mol. The standard InChI is InChI=1S/C32H44N2O4S2.C7H16S/c1-22-9-7-8-12-27(22)29-17-23(13-14-28(29)31(35)33-30(32(36)37)15-16-39-3)19-34-20-26(18-24(34)21-38-2)40-25-10-5-4-6-11-25;1-4-6-7(3)8-5-2/h7-9,12-14,17,24-26,30H,4-6,10-11,15-16,18-21H2,1-3H3,(H,33,35)(H,36,37);7H,4-6H2,1-3H3. The molecule has 2 fully saturated rings. The van der Waals surface area contributed by atoms with Crippen LogP contribution in [0.1, 0.15) is 100 Å². The lowest BCUT2D eigenvalue weighted by molar-refractivity contribution is -0.139. The van der Waals surface area contributed by atoms with E-state index in [4.69, 9.17) is 4.74 Å². The molecule has 1 aliphatic heterocycles. The van der Waals surface area contributed by atoms with Crippen LogP contribution in [0.25, 0.3) is 11.1 Å². The molecule has 2 aromatic rings. The second-order valence-corrected chi connectivity index (χ2v) is 17.5. The number of carbonyl (C=O) groups is 2. The smallest absolute Gasteiger partial charge is 0.326 e. The topological polar surface area (TPSA) is 78.9 Å². The third-order valence-electron chi connectivity index (χ3n) is 9.30. The highest BCUT2D eigenvalue weighted by molar-refractivity contribution is 8.00. The largest absolute Gasteiger partial charge is 0.480 e. The van der Waals surface area contributed by atoms with Crippen molar-refractivity contribution >= 4 is 47.2 Å². The second-order valence-electron chi connectivity index (χ2n) is 13.2. The maximum Gasteiger partial charge on any atom is 0.326 e. The van der Waals surface area contributed by atoms with E-state index in [9.17, 15) is 14.7 Å². The highest BCUT2D eigenvalue weighted by Crippen LogP contribution is 2.37. The van der Waals surface area contributed by atoms with Crippen LogP contribution in [0.2, 0.25) is 0 Å². The van der Waals surface area contributed by atoms with Crippen LogP contribution in [-0.2, 0) is 16.1 Å². The minimum Gasteiger partial charge on any atom is -0.480 e. The Hall–Kier alpha value is -1.65. The van der Waals surface area contributed by atoms with Gasteiger partial charge < -0.3 is 15.2 Å². The van der Waals surface area contributed by atoms with Gasteiger partial charge in [-0.25, -0.2) is 4.79 Å². The number of methoxy groups -OCH3 is 1. The van der Waals surface area contributed by atoms with Crippen molar-refractivity contribution in [1.29, 1.82) is 0 Å². The summed E-state index contributed by atoms with van der Waals surface area (Å²) in [6, 6.07) is 13.5. The lowest BCUT2D eigenvalue weighted by Gasteiger charge is -2.25. The molecule has 0 radical (unpaired) electrons. The van der Waals surface area contributed by atoms with E-state index in [1.807, 2.05) is 49.6 Å². The summed E-state index contributed by atoms with van der Waals surface area (Å²) in [6.07, 6.45) is 13.0. The zero-order valence-electron chi connectivity index (χ0n) is 30.2. The van der Waals surface area contributed by atoms with Crippen molar-refractivity contribution in [3.8, 4) is 11.1 Å². The summed E-state index contributed by atoms with van der Waals surface area (Å²) < 4.78 is 5.62. The Kier molecular flexibility index (Phi) is 18.9. The number of aliphatic carboxylic acids is 1. The van der Waals surface area contributed by atoms with Crippen LogP contribution in [0.3, 0.4) is 0 Å². The number of hydrogen-bond donors (Lipinski definition) is 2. The molecule has 1 aliphatic carbocycles. The average Bonchev–Trinajstić information content (AvgIpc) is 3.44. The third-order valence-corrected chi connectivity index (χ3v) is 12.7. The van der Waals surface area contributed by atoms with Crippen LogP contribution in [0, 0.1) is 6.92 Å². The Bertz CT molecular complexity index is 1250. The highest BCUT2D eigenvalue weighted by atomic mass is 32.2. The third kappa shape index (κ3) is 13.2. The molecule has 0 spiro atoms. The fourth-order valence-corrected chi connectivity index (χ4v) is 10.00. The molecule has 0 aromatic heterocycles. The van der Waals surface area contributed by atoms with E-state index in [0.717, 1.165) is 58.9 Å². The number of ether oxygens (including phenoxy) is 1. The van der Waals surface area contributed by atoms with Crippen molar-refractivity contribution in [3.63, 3.8) is 0 Å². The molecule has 1 heterocycles. The van der Waals surface area contributed by atoms with E-state index >= 15 is 0 Å². The van der Waals surface area contributed by atoms with Gasteiger partial charge in [-0.3, -0.25) is 9.69 Å². The number of nitrogens with zero attached hydrogens (tertiary/aromatic N) is 1. The van der Waals surface area contributed by atoms with Crippen molar-refractivity contribution in [2.75, 3.05) is 38.0 Å². The normalized spacial score (nSPS) is 19.7. The van der Waals surface area contributed by atoms with Gasteiger partial charge in [0.2, 0.25) is 0 Å². The monoisotopic (exact) mass is 716 g/mol. The molecule has 4 atom stereocenters. The summed E-state index contributed by atoms with van der Waals surface area (Å²) in [5.74, 6) is 0.580. The molecule has 48 heavy (non-hydrogen) atoms. The van der Waals surface area contributed by atoms with Crippen LogP contribution in [-0.4, -0.2) is 87.7 Å². The van der Waals surface area contributed by atoms with E-state index in [1.165, 1.54) is 50.7 Å². The first-order valence-electron chi connectivity index (χ1n) is 17.9. The van der Waals surface area contributed by atoms with E-state index in [1.54, 1.807) is 18.9 Å². The number of thioether (sulfide) groups is 3. The quantitative estimate of drug-likeness (QED) is 0.168. The Morgan fingerprint density at radius 1 is 1.04 bits per heavy atom. The van der Waals surface area contributed by atoms with Gasteiger partial charge >= 0.3 is 5.97 Å². The molecule has 1 saturated carbocycles. The summed E-state index contributed by atoms with van der Waals surface area (Å²) in [6.45, 7) is 11.4. The minimum atomic E-state index is -1.00. The van der Waals surface area contributed by atoms with Gasteiger partial charge in [0.1, 0.15) is 6.04 Å². The van der Waals surface area contributed by atoms with Crippen molar-refractivity contribution in [1.82, 2.24) is 10.2 Å². The molecule has 2 aliphatic rings. The van der Waals surface area contributed by atoms with Gasteiger partial charge in [-0.15, -0.1) is 0 Å². The number of carbonyl (C=O) groups excluding carboxylic acids is 1. The minimum absolute atomic E-state index is 0.347. The predicted molar refractivity (Wildman–Crippen MR) is 210 cm³/mol. The number of amides is 1. The molecule has 2 N–H and O–H groups in total. The number of likely N-dealkylation sites (tertiary alicyclic amines) is 1. The van der Waals surface area contributed by atoms with E-state index in [0.29, 0.717) is 29.0 Å². The number of aryl methyl sites for hydroxylation is 1. The number of nitrogens with one attached hydrogen (secondary N) is 1. The zero-order chi connectivity index (χ0) is 34.9. The lowest BCUT2D eigenvalue weighted by atomic mass is 9.93. The molecule has 4 rings (SSSR count). The first kappa shape index (κ1) is 40.8. The van der Waals surface area contributed by atoms with Crippen LogP contribution in [0.5, 0.6) is 0 Å². The molecule has 1 saturated heterocycles. The Balaban J connectivity index is 0.000000694. The average molecular weight is 717 g/mol. The molecule has 4 unspecified atom stereocenters. The van der Waals surface area contributed by atoms with E-state index < -0.39 is 12.0 Å². The van der Waals surface area contributed by atoms with Crippen molar-refractivity contribution < 1.29 is 19.4 Å². The lowest BCUT2D eigenvalue weighted by Crippen LogP contribution is -2.41. The molecule has 0 bridgehead atoms. The number of hydrogen-bond acceptors (Lipinski definition) is 7. The van der Waals surface area contributed by atoms with Gasteiger partial charge in [-0.1, -0.05) is 76.8 Å². The molecule has 9 heteroatoms. The van der Waals surface area contributed by atoms with E-state index in [-0.39, 0.29) is 5.91 Å². The van der Waals surface area contributed by atoms with Gasteiger partial charge in [0.25, 0.3) is 5.91 Å². The van der Waals surface area contributed by atoms with Crippen LogP contribution in [0.15, 0.2) is 42.5 Å².